The van der Waals surface area contributed by atoms with Crippen molar-refractivity contribution in [2.24, 2.45) is 0 Å². The number of pyridine rings is 2. The van der Waals surface area contributed by atoms with Gasteiger partial charge in [-0.2, -0.15) is 26.3 Å². The number of imide groups is 2. The lowest BCUT2D eigenvalue weighted by atomic mass is 10.0. The molecule has 2 saturated heterocycles. The second-order valence-electron chi connectivity index (χ2n) is 11.5. The maximum absolute atomic E-state index is 13.1. The summed E-state index contributed by atoms with van der Waals surface area (Å²) in [6, 6.07) is 16.1. The quantitative estimate of drug-likeness (QED) is 0.133. The number of carbonyl (C=O) groups is 4. The van der Waals surface area contributed by atoms with Gasteiger partial charge in [0.15, 0.2) is 0 Å². The van der Waals surface area contributed by atoms with Crippen LogP contribution in [0.5, 0.6) is 11.5 Å². The van der Waals surface area contributed by atoms with Gasteiger partial charge in [0.2, 0.25) is 23.6 Å². The van der Waals surface area contributed by atoms with E-state index in [1.165, 1.54) is 59.8 Å². The molecule has 2 aliphatic rings. The number of rotatable bonds is 10. The highest BCUT2D eigenvalue weighted by molar-refractivity contribution is 6.02. The third-order valence-electron chi connectivity index (χ3n) is 7.97. The van der Waals surface area contributed by atoms with Gasteiger partial charge in [0, 0.05) is 36.8 Å². The van der Waals surface area contributed by atoms with E-state index in [-0.39, 0.29) is 86.9 Å². The Morgan fingerprint density at radius 3 is 1.44 bits per heavy atom. The van der Waals surface area contributed by atoms with E-state index in [2.05, 4.69) is 9.97 Å². The predicted molar refractivity (Wildman–Crippen MR) is 172 cm³/mol. The third kappa shape index (κ3) is 9.50. The van der Waals surface area contributed by atoms with Crippen molar-refractivity contribution in [3.63, 3.8) is 0 Å². The van der Waals surface area contributed by atoms with Crippen LogP contribution >= 0.6 is 0 Å². The highest BCUT2D eigenvalue weighted by Crippen LogP contribution is 2.36. The van der Waals surface area contributed by atoms with E-state index in [4.69, 9.17) is 9.47 Å². The second-order valence-corrected chi connectivity index (χ2v) is 11.5. The summed E-state index contributed by atoms with van der Waals surface area (Å²) in [5.74, 6) is -0.0625. The Morgan fingerprint density at radius 1 is 0.558 bits per heavy atom. The van der Waals surface area contributed by atoms with Gasteiger partial charge >= 0.3 is 12.4 Å². The second kappa shape index (κ2) is 16.0. The molecule has 2 aromatic heterocycles. The lowest BCUT2D eigenvalue weighted by Gasteiger charge is -2.15. The Kier molecular flexibility index (Phi) is 11.6. The van der Waals surface area contributed by atoms with Crippen molar-refractivity contribution < 1.29 is 55.0 Å². The molecule has 4 heterocycles. The largest absolute Gasteiger partial charge is 0.490 e. The smallest absolute Gasteiger partial charge is 0.417 e. The molecule has 0 spiro atoms. The molecule has 0 aliphatic carbocycles. The summed E-state index contributed by atoms with van der Waals surface area (Å²) >= 11 is 0. The Morgan fingerprint density at radius 2 is 1.02 bits per heavy atom. The SMILES string of the molecule is O=C1CCC(=O)N1CCOc1ccc(-c2ccc(C(F)(F)F)cc2)nc1.O=C1CCC(=O)N1CCOc1ccc(-c2ccccc2C(F)(F)F)nc1. The topological polar surface area (TPSA) is 119 Å². The van der Waals surface area contributed by atoms with Crippen LogP contribution in [0.1, 0.15) is 36.8 Å². The molecule has 10 nitrogen and oxygen atoms in total. The first-order chi connectivity index (χ1) is 24.7. The van der Waals surface area contributed by atoms with E-state index >= 15 is 0 Å². The zero-order valence-corrected chi connectivity index (χ0v) is 27.2. The van der Waals surface area contributed by atoms with Crippen LogP contribution in [0.4, 0.5) is 26.3 Å². The summed E-state index contributed by atoms with van der Waals surface area (Å²) < 4.78 is 87.8. The summed E-state index contributed by atoms with van der Waals surface area (Å²) in [6.07, 6.45) is -5.17. The maximum Gasteiger partial charge on any atom is 0.417 e. The summed E-state index contributed by atoms with van der Waals surface area (Å²) in [6.45, 7) is 0.561. The van der Waals surface area contributed by atoms with Crippen molar-refractivity contribution in [1.82, 2.24) is 19.8 Å². The molecule has 4 aromatic rings. The number of benzene rings is 2. The zero-order chi connectivity index (χ0) is 37.5. The van der Waals surface area contributed by atoms with Crippen molar-refractivity contribution in [3.8, 4) is 34.0 Å². The van der Waals surface area contributed by atoms with E-state index in [1.807, 2.05) is 0 Å². The van der Waals surface area contributed by atoms with Crippen molar-refractivity contribution in [1.29, 1.82) is 0 Å². The number of ether oxygens (including phenoxy) is 2. The van der Waals surface area contributed by atoms with Gasteiger partial charge in [-0.1, -0.05) is 30.3 Å². The number of amides is 4. The van der Waals surface area contributed by atoms with Crippen LogP contribution in [0.2, 0.25) is 0 Å². The average Bonchev–Trinajstić information content (AvgIpc) is 3.62. The van der Waals surface area contributed by atoms with E-state index in [9.17, 15) is 45.5 Å². The normalized spacial score (nSPS) is 14.8. The minimum Gasteiger partial charge on any atom is -0.490 e. The van der Waals surface area contributed by atoms with E-state index < -0.39 is 23.5 Å². The molecule has 0 unspecified atom stereocenters. The van der Waals surface area contributed by atoms with Gasteiger partial charge in [-0.3, -0.25) is 38.9 Å². The summed E-state index contributed by atoms with van der Waals surface area (Å²) in [4.78, 5) is 56.4. The van der Waals surface area contributed by atoms with Crippen LogP contribution in [-0.4, -0.2) is 69.7 Å². The van der Waals surface area contributed by atoms with Crippen LogP contribution in [0, 0.1) is 0 Å². The zero-order valence-electron chi connectivity index (χ0n) is 27.2. The van der Waals surface area contributed by atoms with Crippen molar-refractivity contribution in [2.75, 3.05) is 26.3 Å². The van der Waals surface area contributed by atoms with E-state index in [1.54, 1.807) is 12.1 Å². The number of nitrogens with zero attached hydrogens (tertiary/aromatic N) is 4. The monoisotopic (exact) mass is 728 g/mol. The first-order valence-corrected chi connectivity index (χ1v) is 15.9. The number of halogens is 6. The van der Waals surface area contributed by atoms with Gasteiger partial charge in [-0.05, 0) is 42.5 Å². The number of carbonyl (C=O) groups excluding carboxylic acids is 4. The molecule has 0 radical (unpaired) electrons. The Labute approximate surface area is 293 Å². The Hall–Kier alpha value is -5.80. The number of hydrogen-bond donors (Lipinski definition) is 0. The molecule has 0 atom stereocenters. The first kappa shape index (κ1) is 37.5. The van der Waals surface area contributed by atoms with Gasteiger partial charge in [-0.25, -0.2) is 0 Å². The first-order valence-electron chi connectivity index (χ1n) is 15.9. The fraction of sp³-hybridized carbons (Fsp3) is 0.278. The molecule has 2 aromatic carbocycles. The van der Waals surface area contributed by atoms with Crippen LogP contribution < -0.4 is 9.47 Å². The van der Waals surface area contributed by atoms with Crippen LogP contribution in [0.25, 0.3) is 22.5 Å². The molecule has 272 valence electrons. The van der Waals surface area contributed by atoms with Gasteiger partial charge in [-0.15, -0.1) is 0 Å². The highest BCUT2D eigenvalue weighted by atomic mass is 19.4. The molecular formula is C36H30F6N4O6. The number of aromatic nitrogens is 2. The molecular weight excluding hydrogens is 698 g/mol. The number of likely N-dealkylation sites (tertiary alicyclic amines) is 2. The highest BCUT2D eigenvalue weighted by Gasteiger charge is 2.34. The minimum atomic E-state index is -4.47. The summed E-state index contributed by atoms with van der Waals surface area (Å²) in [5.41, 5.74) is -0.247. The van der Waals surface area contributed by atoms with Crippen molar-refractivity contribution in [2.45, 2.75) is 38.0 Å². The number of alkyl halides is 6. The van der Waals surface area contributed by atoms with Crippen LogP contribution in [-0.2, 0) is 31.5 Å². The van der Waals surface area contributed by atoms with Crippen LogP contribution in [0.15, 0.2) is 85.2 Å². The Balaban J connectivity index is 0.000000201. The minimum absolute atomic E-state index is 0.0141. The number of hydrogen-bond acceptors (Lipinski definition) is 8. The molecule has 4 amide bonds. The van der Waals surface area contributed by atoms with Crippen LogP contribution in [0.3, 0.4) is 0 Å². The third-order valence-corrected chi connectivity index (χ3v) is 7.97. The van der Waals surface area contributed by atoms with Gasteiger partial charge in [0.1, 0.15) is 24.7 Å². The predicted octanol–water partition coefficient (Wildman–Crippen LogP) is 6.59. The standard InChI is InChI=1S/2C18H15F3N2O3/c19-18(20,21)13-3-1-12(2-4-13)15-6-5-14(11-22-15)26-10-9-23-16(24)7-8-17(23)25;19-18(20,21)14-4-2-1-3-13(14)15-6-5-12(11-22-15)26-10-9-23-16(24)7-8-17(23)25/h2*1-6,11H,7-10H2. The van der Waals surface area contributed by atoms with Crippen molar-refractivity contribution in [3.05, 3.63) is 96.3 Å². The molecule has 16 heteroatoms. The van der Waals surface area contributed by atoms with Crippen molar-refractivity contribution >= 4 is 23.6 Å². The molecule has 0 N–H and O–H groups in total. The lowest BCUT2D eigenvalue weighted by molar-refractivity contribution is -0.140. The fourth-order valence-corrected chi connectivity index (χ4v) is 5.30. The summed E-state index contributed by atoms with van der Waals surface area (Å²) in [7, 11) is 0. The summed E-state index contributed by atoms with van der Waals surface area (Å²) in [5, 5.41) is 0. The fourth-order valence-electron chi connectivity index (χ4n) is 5.30. The molecule has 0 saturated carbocycles. The molecule has 2 fully saturated rings. The van der Waals surface area contributed by atoms with E-state index in [0.717, 1.165) is 23.1 Å². The van der Waals surface area contributed by atoms with Gasteiger partial charge in [0.05, 0.1) is 48.0 Å². The van der Waals surface area contributed by atoms with E-state index in [0.29, 0.717) is 22.8 Å². The molecule has 2 aliphatic heterocycles. The van der Waals surface area contributed by atoms with Gasteiger partial charge < -0.3 is 9.47 Å². The molecule has 0 bridgehead atoms. The maximum atomic E-state index is 13.1. The lowest BCUT2D eigenvalue weighted by Crippen LogP contribution is -2.33. The van der Waals surface area contributed by atoms with Gasteiger partial charge in [0.25, 0.3) is 0 Å². The average molecular weight is 729 g/mol. The molecule has 6 rings (SSSR count). The molecule has 52 heavy (non-hydrogen) atoms. The Bertz CT molecular complexity index is 1870.